The van der Waals surface area contributed by atoms with Crippen LogP contribution in [0.2, 0.25) is 0 Å². The molecule has 0 aromatic heterocycles. The van der Waals surface area contributed by atoms with Crippen LogP contribution in [0, 0.1) is 6.92 Å². The van der Waals surface area contributed by atoms with Gasteiger partial charge < -0.3 is 4.74 Å². The van der Waals surface area contributed by atoms with E-state index in [2.05, 4.69) is 4.36 Å². The zero-order chi connectivity index (χ0) is 9.84. The third-order valence-electron chi connectivity index (χ3n) is 1.57. The van der Waals surface area contributed by atoms with Gasteiger partial charge in [0, 0.05) is 0 Å². The maximum Gasteiger partial charge on any atom is 0.316 e. The first-order valence-electron chi connectivity index (χ1n) is 3.60. The SMILES string of the molecule is COc1c(C)cccc1N=S(=O)=O. The molecule has 1 rings (SSSR count). The Morgan fingerprint density at radius 3 is 2.62 bits per heavy atom. The van der Waals surface area contributed by atoms with Crippen molar-refractivity contribution >= 4 is 16.2 Å². The highest BCUT2D eigenvalue weighted by molar-refractivity contribution is 7.61. The van der Waals surface area contributed by atoms with Gasteiger partial charge in [-0.25, -0.2) is 0 Å². The number of aryl methyl sites for hydroxylation is 1. The van der Waals surface area contributed by atoms with E-state index in [4.69, 9.17) is 4.74 Å². The zero-order valence-electron chi connectivity index (χ0n) is 7.31. The van der Waals surface area contributed by atoms with Gasteiger partial charge in [0.15, 0.2) is 0 Å². The minimum Gasteiger partial charge on any atom is -0.494 e. The average Bonchev–Trinajstić information content (AvgIpc) is 2.03. The smallest absolute Gasteiger partial charge is 0.316 e. The Morgan fingerprint density at radius 1 is 1.38 bits per heavy atom. The molecule has 4 nitrogen and oxygen atoms in total. The molecule has 0 aliphatic heterocycles. The second kappa shape index (κ2) is 4.04. The lowest BCUT2D eigenvalue weighted by molar-refractivity contribution is 0.413. The van der Waals surface area contributed by atoms with Gasteiger partial charge in [0.1, 0.15) is 11.4 Å². The minimum atomic E-state index is -2.44. The summed E-state index contributed by atoms with van der Waals surface area (Å²) in [5.74, 6) is 0.492. The van der Waals surface area contributed by atoms with Gasteiger partial charge in [0.05, 0.1) is 7.11 Å². The Morgan fingerprint density at radius 2 is 2.08 bits per heavy atom. The summed E-state index contributed by atoms with van der Waals surface area (Å²) < 4.78 is 29.0. The zero-order valence-corrected chi connectivity index (χ0v) is 8.13. The molecule has 0 fully saturated rings. The molecular weight excluding hydrogens is 190 g/mol. The fourth-order valence-corrected chi connectivity index (χ4v) is 1.36. The Labute approximate surface area is 77.9 Å². The number of benzene rings is 1. The molecule has 0 amide bonds. The summed E-state index contributed by atoms with van der Waals surface area (Å²) in [6.45, 7) is 1.82. The van der Waals surface area contributed by atoms with E-state index in [1.807, 2.05) is 13.0 Å². The average molecular weight is 199 g/mol. The van der Waals surface area contributed by atoms with Crippen molar-refractivity contribution in [3.63, 3.8) is 0 Å². The predicted octanol–water partition coefficient (Wildman–Crippen LogP) is 1.70. The van der Waals surface area contributed by atoms with E-state index in [9.17, 15) is 8.42 Å². The van der Waals surface area contributed by atoms with Gasteiger partial charge in [0.25, 0.3) is 0 Å². The molecule has 0 aliphatic carbocycles. The second-order valence-electron chi connectivity index (χ2n) is 2.44. The van der Waals surface area contributed by atoms with E-state index < -0.39 is 10.5 Å². The number of hydrogen-bond donors (Lipinski definition) is 0. The molecule has 0 heterocycles. The van der Waals surface area contributed by atoms with Crippen LogP contribution in [0.1, 0.15) is 5.56 Å². The molecule has 0 saturated carbocycles. The number of rotatable bonds is 2. The summed E-state index contributed by atoms with van der Waals surface area (Å²) >= 11 is 0. The van der Waals surface area contributed by atoms with E-state index >= 15 is 0 Å². The van der Waals surface area contributed by atoms with Crippen molar-refractivity contribution in [2.75, 3.05) is 7.11 Å². The number of nitrogens with zero attached hydrogens (tertiary/aromatic N) is 1. The number of hydrogen-bond acceptors (Lipinski definition) is 4. The van der Waals surface area contributed by atoms with E-state index in [0.29, 0.717) is 11.4 Å². The maximum atomic E-state index is 10.3. The van der Waals surface area contributed by atoms with Crippen LogP contribution in [0.25, 0.3) is 0 Å². The minimum absolute atomic E-state index is 0.329. The molecule has 1 aromatic carbocycles. The molecular formula is C8H9NO3S. The molecule has 1 aromatic rings. The third-order valence-corrected chi connectivity index (χ3v) is 1.91. The van der Waals surface area contributed by atoms with Crippen LogP contribution in [-0.2, 0) is 10.5 Å². The van der Waals surface area contributed by atoms with E-state index in [-0.39, 0.29) is 0 Å². The first kappa shape index (κ1) is 9.73. The number of methoxy groups -OCH3 is 1. The topological polar surface area (TPSA) is 55.7 Å². The fraction of sp³-hybridized carbons (Fsp3) is 0.250. The lowest BCUT2D eigenvalue weighted by Crippen LogP contribution is -1.86. The Balaban J connectivity index is 3.37. The van der Waals surface area contributed by atoms with Gasteiger partial charge in [-0.05, 0) is 18.6 Å². The predicted molar refractivity (Wildman–Crippen MR) is 48.7 cm³/mol. The van der Waals surface area contributed by atoms with Crippen LogP contribution >= 0.6 is 0 Å². The van der Waals surface area contributed by atoms with Crippen LogP contribution in [0.4, 0.5) is 5.69 Å². The quantitative estimate of drug-likeness (QED) is 0.728. The van der Waals surface area contributed by atoms with Crippen molar-refractivity contribution in [1.82, 2.24) is 0 Å². The molecule has 0 radical (unpaired) electrons. The fourth-order valence-electron chi connectivity index (χ4n) is 1.05. The normalized spacial score (nSPS) is 9.38. The number of para-hydroxylation sites is 1. The highest BCUT2D eigenvalue weighted by Gasteiger charge is 2.03. The summed E-state index contributed by atoms with van der Waals surface area (Å²) in [6.07, 6.45) is 0. The number of ether oxygens (including phenoxy) is 1. The Hall–Kier alpha value is -1.36. The molecule has 5 heteroatoms. The third kappa shape index (κ3) is 2.29. The Bertz CT molecular complexity index is 429. The van der Waals surface area contributed by atoms with Crippen LogP contribution in [0.3, 0.4) is 0 Å². The molecule has 70 valence electrons. The summed E-state index contributed by atoms with van der Waals surface area (Å²) in [7, 11) is -0.960. The maximum absolute atomic E-state index is 10.3. The van der Waals surface area contributed by atoms with Crippen LogP contribution < -0.4 is 4.74 Å². The van der Waals surface area contributed by atoms with Crippen LogP contribution in [0.15, 0.2) is 22.6 Å². The highest BCUT2D eigenvalue weighted by Crippen LogP contribution is 2.30. The van der Waals surface area contributed by atoms with Gasteiger partial charge in [-0.3, -0.25) is 0 Å². The highest BCUT2D eigenvalue weighted by atomic mass is 32.2. The van der Waals surface area contributed by atoms with Crippen LogP contribution in [0.5, 0.6) is 5.75 Å². The standard InChI is InChI=1S/C8H9NO3S/c1-6-4-3-5-7(8(6)12-2)9-13(10)11/h3-5H,1-2H3. The van der Waals surface area contributed by atoms with Gasteiger partial charge >= 0.3 is 10.5 Å². The van der Waals surface area contributed by atoms with Gasteiger partial charge in [-0.2, -0.15) is 8.42 Å². The Kier molecular flexibility index (Phi) is 3.02. The van der Waals surface area contributed by atoms with Crippen LogP contribution in [-0.4, -0.2) is 15.5 Å². The lowest BCUT2D eigenvalue weighted by atomic mass is 10.2. The molecule has 13 heavy (non-hydrogen) atoms. The summed E-state index contributed by atoms with van der Waals surface area (Å²) in [5.41, 5.74) is 1.19. The summed E-state index contributed by atoms with van der Waals surface area (Å²) in [5, 5.41) is 0. The van der Waals surface area contributed by atoms with E-state index in [0.717, 1.165) is 5.56 Å². The van der Waals surface area contributed by atoms with Crippen molar-refractivity contribution < 1.29 is 13.2 Å². The van der Waals surface area contributed by atoms with Crippen molar-refractivity contribution in [3.05, 3.63) is 23.8 Å². The van der Waals surface area contributed by atoms with Crippen molar-refractivity contribution in [2.45, 2.75) is 6.92 Å². The van der Waals surface area contributed by atoms with E-state index in [1.165, 1.54) is 7.11 Å². The molecule has 0 N–H and O–H groups in total. The van der Waals surface area contributed by atoms with E-state index in [1.54, 1.807) is 12.1 Å². The van der Waals surface area contributed by atoms with Crippen molar-refractivity contribution in [3.8, 4) is 5.75 Å². The molecule has 0 bridgehead atoms. The first-order chi connectivity index (χ1) is 6.15. The monoisotopic (exact) mass is 199 g/mol. The molecule has 0 unspecified atom stereocenters. The first-order valence-corrected chi connectivity index (χ1v) is 4.63. The van der Waals surface area contributed by atoms with Gasteiger partial charge in [-0.1, -0.05) is 12.1 Å². The lowest BCUT2D eigenvalue weighted by Gasteiger charge is -2.04. The second-order valence-corrected chi connectivity index (χ2v) is 3.05. The summed E-state index contributed by atoms with van der Waals surface area (Å²) in [6, 6.07) is 5.14. The van der Waals surface area contributed by atoms with Gasteiger partial charge in [0.2, 0.25) is 0 Å². The van der Waals surface area contributed by atoms with Gasteiger partial charge in [-0.15, -0.1) is 4.36 Å². The molecule has 0 aliphatic rings. The van der Waals surface area contributed by atoms with Crippen molar-refractivity contribution in [2.24, 2.45) is 4.36 Å². The molecule has 0 atom stereocenters. The summed E-state index contributed by atoms with van der Waals surface area (Å²) in [4.78, 5) is 0. The largest absolute Gasteiger partial charge is 0.494 e. The van der Waals surface area contributed by atoms with Crippen molar-refractivity contribution in [1.29, 1.82) is 0 Å². The molecule has 0 spiro atoms. The molecule has 0 saturated heterocycles.